The van der Waals surface area contributed by atoms with Crippen LogP contribution >= 0.6 is 0 Å². The first-order valence-corrected chi connectivity index (χ1v) is 4.56. The van der Waals surface area contributed by atoms with Crippen LogP contribution in [0.2, 0.25) is 0 Å². The number of rotatable bonds is 2. The molecule has 1 aromatic carbocycles. The molecule has 1 rings (SSSR count). The molecule has 0 heterocycles. The number of benzene rings is 1. The molecule has 0 spiro atoms. The summed E-state index contributed by atoms with van der Waals surface area (Å²) in [4.78, 5) is 11.5. The number of nitrogens with one attached hydrogen (secondary N) is 1. The Hall–Kier alpha value is -1.45. The number of carbonyl (C=O) groups excluding carboxylic acids is 1. The fourth-order valence-electron chi connectivity index (χ4n) is 1.36. The second kappa shape index (κ2) is 3.96. The Bertz CT molecular complexity index is 368. The molecule has 82 valence electrons. The average Bonchev–Trinajstić information content (AvgIpc) is 2.15. The molecule has 0 aliphatic carbocycles. The maximum atomic E-state index is 13.0. The molecule has 1 aromatic rings. The van der Waals surface area contributed by atoms with E-state index in [1.165, 1.54) is 19.2 Å². The van der Waals surface area contributed by atoms with Gasteiger partial charge in [-0.1, -0.05) is 0 Å². The number of carbonyl (C=O) groups is 1. The van der Waals surface area contributed by atoms with Gasteiger partial charge in [0, 0.05) is 13.1 Å². The van der Waals surface area contributed by atoms with E-state index in [1.807, 2.05) is 0 Å². The highest BCUT2D eigenvalue weighted by Gasteiger charge is 2.29. The molecule has 0 aliphatic rings. The SMILES string of the molecule is CNC(=O)C(C)(C)c1cc(F)cc(F)c1. The van der Waals surface area contributed by atoms with Crippen molar-refractivity contribution < 1.29 is 13.6 Å². The van der Waals surface area contributed by atoms with Gasteiger partial charge in [-0.25, -0.2) is 8.78 Å². The quantitative estimate of drug-likeness (QED) is 0.799. The van der Waals surface area contributed by atoms with Crippen molar-refractivity contribution in [3.05, 3.63) is 35.4 Å². The lowest BCUT2D eigenvalue weighted by atomic mass is 9.83. The van der Waals surface area contributed by atoms with E-state index in [0.29, 0.717) is 5.56 Å². The van der Waals surface area contributed by atoms with E-state index in [1.54, 1.807) is 13.8 Å². The van der Waals surface area contributed by atoms with Crippen LogP contribution in [-0.2, 0) is 10.2 Å². The summed E-state index contributed by atoms with van der Waals surface area (Å²) in [5, 5.41) is 2.46. The molecule has 0 saturated carbocycles. The Balaban J connectivity index is 3.20. The van der Waals surface area contributed by atoms with Gasteiger partial charge in [0.05, 0.1) is 5.41 Å². The van der Waals surface area contributed by atoms with Gasteiger partial charge in [-0.3, -0.25) is 4.79 Å². The van der Waals surface area contributed by atoms with Gasteiger partial charge in [-0.2, -0.15) is 0 Å². The summed E-state index contributed by atoms with van der Waals surface area (Å²) in [5.74, 6) is -1.64. The average molecular weight is 213 g/mol. The van der Waals surface area contributed by atoms with E-state index in [-0.39, 0.29) is 5.91 Å². The van der Waals surface area contributed by atoms with Gasteiger partial charge in [-0.15, -0.1) is 0 Å². The van der Waals surface area contributed by atoms with E-state index in [9.17, 15) is 13.6 Å². The minimum atomic E-state index is -0.947. The summed E-state index contributed by atoms with van der Waals surface area (Å²) < 4.78 is 25.9. The highest BCUT2D eigenvalue weighted by atomic mass is 19.1. The molecule has 0 unspecified atom stereocenters. The highest BCUT2D eigenvalue weighted by molar-refractivity contribution is 5.87. The Morgan fingerprint density at radius 2 is 1.67 bits per heavy atom. The fourth-order valence-corrected chi connectivity index (χ4v) is 1.36. The monoisotopic (exact) mass is 213 g/mol. The van der Waals surface area contributed by atoms with Crippen LogP contribution in [0.15, 0.2) is 18.2 Å². The van der Waals surface area contributed by atoms with E-state index >= 15 is 0 Å². The van der Waals surface area contributed by atoms with Gasteiger partial charge >= 0.3 is 0 Å². The zero-order valence-corrected chi connectivity index (χ0v) is 8.90. The van der Waals surface area contributed by atoms with Crippen LogP contribution < -0.4 is 5.32 Å². The zero-order valence-electron chi connectivity index (χ0n) is 8.90. The molecule has 4 heteroatoms. The van der Waals surface area contributed by atoms with Crippen LogP contribution in [0.1, 0.15) is 19.4 Å². The van der Waals surface area contributed by atoms with Gasteiger partial charge in [-0.05, 0) is 31.5 Å². The van der Waals surface area contributed by atoms with Crippen LogP contribution in [0.3, 0.4) is 0 Å². The number of hydrogen-bond acceptors (Lipinski definition) is 1. The lowest BCUT2D eigenvalue weighted by molar-refractivity contribution is -0.125. The first-order valence-electron chi connectivity index (χ1n) is 4.56. The lowest BCUT2D eigenvalue weighted by Gasteiger charge is -2.23. The van der Waals surface area contributed by atoms with E-state index < -0.39 is 17.0 Å². The second-order valence-electron chi connectivity index (χ2n) is 3.86. The molecule has 1 amide bonds. The molecule has 0 fully saturated rings. The molecule has 0 saturated heterocycles. The number of halogens is 2. The minimum absolute atomic E-state index is 0.285. The van der Waals surface area contributed by atoms with Gasteiger partial charge in [0.15, 0.2) is 0 Å². The normalized spacial score (nSPS) is 11.3. The Morgan fingerprint density at radius 3 is 2.07 bits per heavy atom. The first kappa shape index (κ1) is 11.6. The molecule has 0 aromatic heterocycles. The fraction of sp³-hybridized carbons (Fsp3) is 0.364. The molecular formula is C11H13F2NO. The van der Waals surface area contributed by atoms with E-state index in [0.717, 1.165) is 6.07 Å². The van der Waals surface area contributed by atoms with Crippen LogP contribution in [0.25, 0.3) is 0 Å². The number of amides is 1. The topological polar surface area (TPSA) is 29.1 Å². The Labute approximate surface area is 87.3 Å². The molecule has 2 nitrogen and oxygen atoms in total. The van der Waals surface area contributed by atoms with Gasteiger partial charge in [0.25, 0.3) is 0 Å². The molecular weight excluding hydrogens is 200 g/mol. The molecule has 0 atom stereocenters. The summed E-state index contributed by atoms with van der Waals surface area (Å²) in [5.41, 5.74) is -0.628. The number of likely N-dealkylation sites (N-methyl/N-ethyl adjacent to an activating group) is 1. The van der Waals surface area contributed by atoms with Gasteiger partial charge in [0.2, 0.25) is 5.91 Å². The molecule has 0 radical (unpaired) electrons. The maximum Gasteiger partial charge on any atom is 0.229 e. The standard InChI is InChI=1S/C11H13F2NO/c1-11(2,10(15)14-3)7-4-8(12)6-9(13)5-7/h4-6H,1-3H3,(H,14,15). The summed E-state index contributed by atoms with van der Waals surface area (Å²) >= 11 is 0. The minimum Gasteiger partial charge on any atom is -0.358 e. The molecule has 0 aliphatic heterocycles. The van der Waals surface area contributed by atoms with Crippen molar-refractivity contribution in [2.45, 2.75) is 19.3 Å². The summed E-state index contributed by atoms with van der Waals surface area (Å²) in [6, 6.07) is 3.11. The van der Waals surface area contributed by atoms with Crippen molar-refractivity contribution in [2.24, 2.45) is 0 Å². The summed E-state index contributed by atoms with van der Waals surface area (Å²) in [6.45, 7) is 3.22. The molecule has 0 bridgehead atoms. The highest BCUT2D eigenvalue weighted by Crippen LogP contribution is 2.24. The van der Waals surface area contributed by atoms with Crippen molar-refractivity contribution >= 4 is 5.91 Å². The summed E-state index contributed by atoms with van der Waals surface area (Å²) in [6.07, 6.45) is 0. The Kier molecular flexibility index (Phi) is 3.07. The van der Waals surface area contributed by atoms with Crippen LogP contribution in [0.5, 0.6) is 0 Å². The smallest absolute Gasteiger partial charge is 0.229 e. The Morgan fingerprint density at radius 1 is 1.20 bits per heavy atom. The first-order chi connectivity index (χ1) is 6.87. The van der Waals surface area contributed by atoms with Gasteiger partial charge < -0.3 is 5.32 Å². The molecule has 1 N–H and O–H groups in total. The van der Waals surface area contributed by atoms with Crippen LogP contribution in [0.4, 0.5) is 8.78 Å². The predicted octanol–water partition coefficient (Wildman–Crippen LogP) is 1.99. The van der Waals surface area contributed by atoms with Crippen molar-refractivity contribution in [1.82, 2.24) is 5.32 Å². The zero-order chi connectivity index (χ0) is 11.6. The number of hydrogen-bond donors (Lipinski definition) is 1. The van der Waals surface area contributed by atoms with E-state index in [4.69, 9.17) is 0 Å². The van der Waals surface area contributed by atoms with Crippen molar-refractivity contribution in [2.75, 3.05) is 7.05 Å². The van der Waals surface area contributed by atoms with Gasteiger partial charge in [0.1, 0.15) is 11.6 Å². The largest absolute Gasteiger partial charge is 0.358 e. The van der Waals surface area contributed by atoms with Crippen LogP contribution in [-0.4, -0.2) is 13.0 Å². The third kappa shape index (κ3) is 2.32. The molecule has 15 heavy (non-hydrogen) atoms. The van der Waals surface area contributed by atoms with Crippen molar-refractivity contribution in [3.8, 4) is 0 Å². The second-order valence-corrected chi connectivity index (χ2v) is 3.86. The predicted molar refractivity (Wildman–Crippen MR) is 53.5 cm³/mol. The lowest BCUT2D eigenvalue weighted by Crippen LogP contribution is -2.38. The third-order valence-corrected chi connectivity index (χ3v) is 2.38. The maximum absolute atomic E-state index is 13.0. The summed E-state index contributed by atoms with van der Waals surface area (Å²) in [7, 11) is 1.49. The van der Waals surface area contributed by atoms with Crippen molar-refractivity contribution in [1.29, 1.82) is 0 Å². The van der Waals surface area contributed by atoms with Crippen LogP contribution in [0, 0.1) is 11.6 Å². The third-order valence-electron chi connectivity index (χ3n) is 2.38. The van der Waals surface area contributed by atoms with Crippen molar-refractivity contribution in [3.63, 3.8) is 0 Å². The van der Waals surface area contributed by atoms with E-state index in [2.05, 4.69) is 5.32 Å².